The van der Waals surface area contributed by atoms with Crippen molar-refractivity contribution in [2.24, 2.45) is 5.92 Å². The Kier molecular flexibility index (Phi) is 2.51. The highest BCUT2D eigenvalue weighted by Crippen LogP contribution is 2.25. The van der Waals surface area contributed by atoms with E-state index in [9.17, 15) is 0 Å². The van der Waals surface area contributed by atoms with E-state index in [0.29, 0.717) is 0 Å². The number of aliphatic hydroxyl groups is 1. The number of nitrogens with zero attached hydrogens (tertiary/aromatic N) is 1. The van der Waals surface area contributed by atoms with Crippen LogP contribution in [0.1, 0.15) is 23.1 Å². The molecule has 2 rings (SSSR count). The summed E-state index contributed by atoms with van der Waals surface area (Å²) < 4.78 is 0. The molecule has 0 fully saturated rings. The Hall–Kier alpha value is -1.33. The summed E-state index contributed by atoms with van der Waals surface area (Å²) in [6.45, 7) is 0.106. The Morgan fingerprint density at radius 1 is 1.43 bits per heavy atom. The minimum atomic E-state index is 0.106. The fraction of sp³-hybridized carbons (Fsp3) is 0.417. The van der Waals surface area contributed by atoms with Crippen LogP contribution in [-0.4, -0.2) is 5.11 Å². The molecular weight excluding hydrogens is 174 g/mol. The molecule has 0 amide bonds. The van der Waals surface area contributed by atoms with Gasteiger partial charge in [0.1, 0.15) is 0 Å². The molecule has 1 N–H and O–H groups in total. The van der Waals surface area contributed by atoms with Crippen LogP contribution >= 0.6 is 0 Å². The quantitative estimate of drug-likeness (QED) is 0.728. The van der Waals surface area contributed by atoms with Crippen LogP contribution < -0.4 is 0 Å². The van der Waals surface area contributed by atoms with Crippen molar-refractivity contribution in [2.75, 3.05) is 0 Å². The molecule has 72 valence electrons. The van der Waals surface area contributed by atoms with Crippen molar-refractivity contribution in [1.82, 2.24) is 0 Å². The van der Waals surface area contributed by atoms with Crippen molar-refractivity contribution in [2.45, 2.75) is 25.9 Å². The molecule has 0 aliphatic heterocycles. The standard InChI is InChI=1S/C12H13NO/c13-7-9-1-3-12-6-10(8-14)2-4-11(12)5-9/h2,4,6,9,14H,1,3,5,8H2. The van der Waals surface area contributed by atoms with Gasteiger partial charge in [0.2, 0.25) is 0 Å². The predicted molar refractivity (Wildman–Crippen MR) is 53.5 cm³/mol. The van der Waals surface area contributed by atoms with Crippen LogP contribution in [0.5, 0.6) is 0 Å². The number of hydrogen-bond acceptors (Lipinski definition) is 2. The monoisotopic (exact) mass is 187 g/mol. The predicted octanol–water partition coefficient (Wildman–Crippen LogP) is 1.81. The maximum Gasteiger partial charge on any atom is 0.0681 e. The SMILES string of the molecule is N#CC1CCc2cc(CO)ccc2C1. The summed E-state index contributed by atoms with van der Waals surface area (Å²) in [4.78, 5) is 0. The molecule has 1 atom stereocenters. The zero-order valence-electron chi connectivity index (χ0n) is 8.03. The first-order valence-electron chi connectivity index (χ1n) is 4.94. The van der Waals surface area contributed by atoms with E-state index < -0.39 is 0 Å². The summed E-state index contributed by atoms with van der Waals surface area (Å²) in [5, 5.41) is 17.8. The third-order valence-electron chi connectivity index (χ3n) is 2.86. The molecule has 0 heterocycles. The summed E-state index contributed by atoms with van der Waals surface area (Å²) in [5.74, 6) is 0.183. The molecule has 0 saturated heterocycles. The van der Waals surface area contributed by atoms with E-state index in [1.165, 1.54) is 11.1 Å². The maximum atomic E-state index is 8.98. The first-order valence-corrected chi connectivity index (χ1v) is 4.94. The summed E-state index contributed by atoms with van der Waals surface area (Å²) in [5.41, 5.74) is 3.56. The van der Waals surface area contributed by atoms with E-state index in [1.54, 1.807) is 0 Å². The second kappa shape index (κ2) is 3.81. The van der Waals surface area contributed by atoms with E-state index in [1.807, 2.05) is 12.1 Å². The molecule has 2 nitrogen and oxygen atoms in total. The Bertz CT molecular complexity index is 378. The lowest BCUT2D eigenvalue weighted by molar-refractivity contribution is 0.281. The van der Waals surface area contributed by atoms with E-state index in [2.05, 4.69) is 12.1 Å². The molecule has 1 aromatic rings. The second-order valence-electron chi connectivity index (χ2n) is 3.83. The van der Waals surface area contributed by atoms with Crippen LogP contribution in [0.4, 0.5) is 0 Å². The summed E-state index contributed by atoms with van der Waals surface area (Å²) in [7, 11) is 0. The number of aliphatic hydroxyl groups excluding tert-OH is 1. The van der Waals surface area contributed by atoms with Crippen LogP contribution in [0.25, 0.3) is 0 Å². The molecule has 1 aliphatic carbocycles. The first-order chi connectivity index (χ1) is 6.83. The lowest BCUT2D eigenvalue weighted by Crippen LogP contribution is -2.12. The summed E-state index contributed by atoms with van der Waals surface area (Å²) in [6, 6.07) is 8.37. The van der Waals surface area contributed by atoms with Gasteiger partial charge in [0.25, 0.3) is 0 Å². The molecule has 0 saturated carbocycles. The molecule has 2 heteroatoms. The largest absolute Gasteiger partial charge is 0.392 e. The Labute approximate surface area is 83.8 Å². The molecule has 0 radical (unpaired) electrons. The summed E-state index contributed by atoms with van der Waals surface area (Å²) in [6.07, 6.45) is 2.80. The highest BCUT2D eigenvalue weighted by atomic mass is 16.3. The number of fused-ring (bicyclic) bond motifs is 1. The van der Waals surface area contributed by atoms with Crippen molar-refractivity contribution < 1.29 is 5.11 Å². The minimum Gasteiger partial charge on any atom is -0.392 e. The number of hydrogen-bond donors (Lipinski definition) is 1. The van der Waals surface area contributed by atoms with Gasteiger partial charge in [-0.15, -0.1) is 0 Å². The average molecular weight is 187 g/mol. The van der Waals surface area contributed by atoms with Gasteiger partial charge in [0.05, 0.1) is 18.6 Å². The topological polar surface area (TPSA) is 44.0 Å². The van der Waals surface area contributed by atoms with E-state index >= 15 is 0 Å². The number of nitriles is 1. The van der Waals surface area contributed by atoms with Gasteiger partial charge in [-0.3, -0.25) is 0 Å². The van der Waals surface area contributed by atoms with Gasteiger partial charge in [0.15, 0.2) is 0 Å². The Morgan fingerprint density at radius 3 is 3.00 bits per heavy atom. The van der Waals surface area contributed by atoms with E-state index in [4.69, 9.17) is 10.4 Å². The van der Waals surface area contributed by atoms with Crippen LogP contribution in [-0.2, 0) is 19.4 Å². The van der Waals surface area contributed by atoms with Gasteiger partial charge in [0, 0.05) is 0 Å². The van der Waals surface area contributed by atoms with Crippen molar-refractivity contribution in [1.29, 1.82) is 5.26 Å². The smallest absolute Gasteiger partial charge is 0.0681 e. The zero-order chi connectivity index (χ0) is 9.97. The van der Waals surface area contributed by atoms with Crippen LogP contribution in [0.2, 0.25) is 0 Å². The molecule has 14 heavy (non-hydrogen) atoms. The van der Waals surface area contributed by atoms with Crippen molar-refractivity contribution in [3.8, 4) is 6.07 Å². The molecule has 1 aromatic carbocycles. The molecule has 0 spiro atoms. The molecule has 1 unspecified atom stereocenters. The first kappa shape index (κ1) is 9.23. The third-order valence-corrected chi connectivity index (χ3v) is 2.86. The van der Waals surface area contributed by atoms with Crippen LogP contribution in [0.15, 0.2) is 18.2 Å². The van der Waals surface area contributed by atoms with Crippen LogP contribution in [0.3, 0.4) is 0 Å². The number of benzene rings is 1. The van der Waals surface area contributed by atoms with Gasteiger partial charge >= 0.3 is 0 Å². The number of rotatable bonds is 1. The number of aryl methyl sites for hydroxylation is 1. The lowest BCUT2D eigenvalue weighted by Gasteiger charge is -2.20. The summed E-state index contributed by atoms with van der Waals surface area (Å²) >= 11 is 0. The highest BCUT2D eigenvalue weighted by molar-refractivity contribution is 5.34. The fourth-order valence-corrected chi connectivity index (χ4v) is 2.02. The van der Waals surface area contributed by atoms with Gasteiger partial charge in [-0.25, -0.2) is 0 Å². The Balaban J connectivity index is 2.29. The minimum absolute atomic E-state index is 0.106. The van der Waals surface area contributed by atoms with Crippen molar-refractivity contribution >= 4 is 0 Å². The molecular formula is C12H13NO. The average Bonchev–Trinajstić information content (AvgIpc) is 2.27. The fourth-order valence-electron chi connectivity index (χ4n) is 2.02. The zero-order valence-corrected chi connectivity index (χ0v) is 8.03. The normalized spacial score (nSPS) is 19.9. The molecule has 1 aliphatic rings. The van der Waals surface area contributed by atoms with E-state index in [-0.39, 0.29) is 12.5 Å². The van der Waals surface area contributed by atoms with Crippen LogP contribution in [0, 0.1) is 17.2 Å². The molecule has 0 bridgehead atoms. The van der Waals surface area contributed by atoms with Gasteiger partial charge in [-0.2, -0.15) is 5.26 Å². The van der Waals surface area contributed by atoms with Crippen molar-refractivity contribution in [3.63, 3.8) is 0 Å². The maximum absolute atomic E-state index is 8.98. The Morgan fingerprint density at radius 2 is 2.29 bits per heavy atom. The van der Waals surface area contributed by atoms with E-state index in [0.717, 1.165) is 24.8 Å². The van der Waals surface area contributed by atoms with Gasteiger partial charge < -0.3 is 5.11 Å². The lowest BCUT2D eigenvalue weighted by atomic mass is 9.84. The highest BCUT2D eigenvalue weighted by Gasteiger charge is 2.17. The van der Waals surface area contributed by atoms with Crippen molar-refractivity contribution in [3.05, 3.63) is 34.9 Å². The molecule has 0 aromatic heterocycles. The third kappa shape index (κ3) is 1.64. The second-order valence-corrected chi connectivity index (χ2v) is 3.83. The van der Waals surface area contributed by atoms with Gasteiger partial charge in [-0.1, -0.05) is 18.2 Å². The van der Waals surface area contributed by atoms with Gasteiger partial charge in [-0.05, 0) is 36.0 Å².